The Morgan fingerprint density at radius 1 is 0.979 bits per heavy atom. The second kappa shape index (κ2) is 12.4. The van der Waals surface area contributed by atoms with Crippen LogP contribution in [0.15, 0.2) is 97.1 Å². The van der Waals surface area contributed by atoms with Gasteiger partial charge in [0, 0.05) is 22.8 Å². The first kappa shape index (κ1) is 33.2. The lowest BCUT2D eigenvalue weighted by Crippen LogP contribution is -2.71. The molecule has 4 atom stereocenters. The highest BCUT2D eigenvalue weighted by atomic mass is 35.5. The van der Waals surface area contributed by atoms with E-state index in [1.807, 2.05) is 39.8 Å². The number of halogens is 1. The first-order valence-corrected chi connectivity index (χ1v) is 16.1. The van der Waals surface area contributed by atoms with Crippen molar-refractivity contribution in [2.45, 2.75) is 57.6 Å². The first-order chi connectivity index (χ1) is 22.8. The molecule has 0 aromatic heterocycles. The van der Waals surface area contributed by atoms with Crippen LogP contribution in [0.3, 0.4) is 0 Å². The Bertz CT molecular complexity index is 1880. The van der Waals surface area contributed by atoms with Crippen molar-refractivity contribution in [2.75, 3.05) is 12.0 Å². The maximum Gasteiger partial charge on any atom is 0.265 e. The van der Waals surface area contributed by atoms with E-state index in [9.17, 15) is 9.90 Å². The zero-order valence-corrected chi connectivity index (χ0v) is 28.2. The molecule has 1 saturated heterocycles. The Morgan fingerprint density at radius 2 is 1.69 bits per heavy atom. The predicted octanol–water partition coefficient (Wildman–Crippen LogP) is 5.55. The number of Topliss-reactive ketones (excluding diaryl/α,β-unsaturated/α-hetero) is 1. The lowest BCUT2D eigenvalue weighted by molar-refractivity contribution is -0.156. The second-order valence-electron chi connectivity index (χ2n) is 13.3. The third kappa shape index (κ3) is 5.41. The number of fused-ring (bicyclic) bond motifs is 1. The number of aliphatic hydroxyl groups is 1. The van der Waals surface area contributed by atoms with E-state index >= 15 is 9.59 Å². The molecule has 1 spiro atoms. The largest absolute Gasteiger partial charge is 0.497 e. The fraction of sp³-hybridized carbons (Fsp3) is 0.289. The Balaban J connectivity index is 1.68. The number of amides is 2. The third-order valence-corrected chi connectivity index (χ3v) is 9.13. The summed E-state index contributed by atoms with van der Waals surface area (Å²) in [4.78, 5) is 46.7. The van der Waals surface area contributed by atoms with Gasteiger partial charge in [-0.25, -0.2) is 0 Å². The summed E-state index contributed by atoms with van der Waals surface area (Å²) < 4.78 is 12.0. The van der Waals surface area contributed by atoms with Gasteiger partial charge < -0.3 is 19.9 Å². The molecule has 4 aromatic carbocycles. The van der Waals surface area contributed by atoms with Gasteiger partial charge in [-0.3, -0.25) is 24.6 Å². The summed E-state index contributed by atoms with van der Waals surface area (Å²) in [6, 6.07) is 25.6. The number of ether oxygens (including phenoxy) is 2. The molecule has 0 aliphatic carbocycles. The molecule has 0 radical (unpaired) electrons. The zero-order valence-electron chi connectivity index (χ0n) is 27.4. The molecule has 248 valence electrons. The topological polar surface area (TPSA) is 117 Å². The van der Waals surface area contributed by atoms with Crippen LogP contribution >= 0.6 is 11.6 Å². The molecular weight excluding hydrogens is 630 g/mol. The van der Waals surface area contributed by atoms with Crippen LogP contribution in [-0.2, 0) is 21.7 Å². The summed E-state index contributed by atoms with van der Waals surface area (Å²) in [7, 11) is 1.50. The number of methoxy groups -OCH3 is 1. The van der Waals surface area contributed by atoms with Crippen LogP contribution in [0.5, 0.6) is 11.5 Å². The highest BCUT2D eigenvalue weighted by Gasteiger charge is 2.79. The average Bonchev–Trinajstić information content (AvgIpc) is 3.27. The van der Waals surface area contributed by atoms with Gasteiger partial charge in [0.1, 0.15) is 17.5 Å². The second-order valence-corrected chi connectivity index (χ2v) is 13.7. The third-order valence-electron chi connectivity index (χ3n) is 8.90. The summed E-state index contributed by atoms with van der Waals surface area (Å²) in [6.07, 6.45) is -1.39. The van der Waals surface area contributed by atoms with Gasteiger partial charge in [-0.2, -0.15) is 0 Å². The number of ketones is 1. The van der Waals surface area contributed by atoms with Crippen LogP contribution in [0, 0.1) is 12.3 Å². The normalized spacial score (nSPS) is 23.5. The number of nitrogens with zero attached hydrogens (tertiary/aromatic N) is 1. The Labute approximate surface area is 284 Å². The Morgan fingerprint density at radius 3 is 2.33 bits per heavy atom. The van der Waals surface area contributed by atoms with E-state index in [0.717, 1.165) is 11.1 Å². The molecule has 48 heavy (non-hydrogen) atoms. The maximum atomic E-state index is 15.5. The number of para-hydroxylation sites is 1. The van der Waals surface area contributed by atoms with Gasteiger partial charge in [-0.1, -0.05) is 65.7 Å². The van der Waals surface area contributed by atoms with Crippen LogP contribution < -0.4 is 25.0 Å². The van der Waals surface area contributed by atoms with E-state index in [1.165, 1.54) is 12.0 Å². The van der Waals surface area contributed by atoms with Crippen LogP contribution in [0.25, 0.3) is 0 Å². The molecule has 4 aromatic rings. The van der Waals surface area contributed by atoms with Crippen molar-refractivity contribution in [1.82, 2.24) is 10.6 Å². The molecule has 0 unspecified atom stereocenters. The Hall–Kier alpha value is -4.70. The first-order valence-electron chi connectivity index (χ1n) is 15.7. The highest BCUT2D eigenvalue weighted by Crippen LogP contribution is 2.59. The van der Waals surface area contributed by atoms with Gasteiger partial charge in [0.2, 0.25) is 5.91 Å². The number of benzene rings is 4. The lowest BCUT2D eigenvalue weighted by atomic mass is 9.60. The number of hydrogen-bond donors (Lipinski definition) is 3. The molecular formula is C38H38ClN3O6. The van der Waals surface area contributed by atoms with Crippen LogP contribution in [0.4, 0.5) is 5.69 Å². The average molecular weight is 668 g/mol. The van der Waals surface area contributed by atoms with E-state index in [0.29, 0.717) is 16.5 Å². The zero-order chi connectivity index (χ0) is 34.4. The van der Waals surface area contributed by atoms with Gasteiger partial charge in [0.15, 0.2) is 23.0 Å². The summed E-state index contributed by atoms with van der Waals surface area (Å²) in [5.74, 6) is -1.36. The smallest absolute Gasteiger partial charge is 0.265 e. The number of carbonyl (C=O) groups is 3. The quantitative estimate of drug-likeness (QED) is 0.237. The summed E-state index contributed by atoms with van der Waals surface area (Å²) in [5.41, 5.74) is -3.53. The monoisotopic (exact) mass is 667 g/mol. The number of aryl methyl sites for hydroxylation is 1. The van der Waals surface area contributed by atoms with Crippen molar-refractivity contribution < 1.29 is 29.0 Å². The molecule has 2 aliphatic heterocycles. The van der Waals surface area contributed by atoms with Gasteiger partial charge in [0.05, 0.1) is 12.7 Å². The molecule has 2 aliphatic rings. The van der Waals surface area contributed by atoms with E-state index in [4.69, 9.17) is 21.1 Å². The minimum absolute atomic E-state index is 0.0999. The summed E-state index contributed by atoms with van der Waals surface area (Å²) in [5, 5.41) is 20.2. The van der Waals surface area contributed by atoms with Crippen LogP contribution in [0.1, 0.15) is 47.8 Å². The number of anilines is 1. The van der Waals surface area contributed by atoms with E-state index < -0.39 is 46.4 Å². The molecule has 0 saturated carbocycles. The number of nitrogens with one attached hydrogen (secondary N) is 2. The van der Waals surface area contributed by atoms with Crippen molar-refractivity contribution in [2.24, 2.45) is 5.41 Å². The standard InChI is InChI=1S/C38H38ClN3O6/c1-23-14-19-30-29(20-23)32(43)37(34(48-30)40-22-24-10-9-11-26(39)21-24)31(33(44)41-36(2,3)4)42(27-12-7-6-8-13-27)35(45)38(37,46)25-15-17-28(47-5)18-16-25/h6-21,31,34,40,46H,22H2,1-5H3,(H,41,44)/t31-,34+,37+,38-/m1/s1. The van der Waals surface area contributed by atoms with Crippen molar-refractivity contribution in [3.8, 4) is 11.5 Å². The van der Waals surface area contributed by atoms with Crippen molar-refractivity contribution >= 4 is 34.9 Å². The van der Waals surface area contributed by atoms with Gasteiger partial charge >= 0.3 is 0 Å². The molecule has 2 heterocycles. The van der Waals surface area contributed by atoms with Crippen molar-refractivity contribution in [3.63, 3.8) is 0 Å². The minimum Gasteiger partial charge on any atom is -0.497 e. The summed E-state index contributed by atoms with van der Waals surface area (Å²) in [6.45, 7) is 7.39. The fourth-order valence-electron chi connectivity index (χ4n) is 6.85. The fourth-order valence-corrected chi connectivity index (χ4v) is 7.06. The number of hydrogen-bond acceptors (Lipinski definition) is 7. The number of rotatable bonds is 7. The molecule has 2 amide bonds. The van der Waals surface area contributed by atoms with Crippen LogP contribution in [-0.4, -0.2) is 47.6 Å². The Kier molecular flexibility index (Phi) is 8.57. The van der Waals surface area contributed by atoms with E-state index in [2.05, 4.69) is 10.6 Å². The molecule has 1 fully saturated rings. The highest BCUT2D eigenvalue weighted by molar-refractivity contribution is 6.30. The maximum absolute atomic E-state index is 15.5. The molecule has 6 rings (SSSR count). The van der Waals surface area contributed by atoms with Crippen LogP contribution in [0.2, 0.25) is 5.02 Å². The van der Waals surface area contributed by atoms with Crippen molar-refractivity contribution in [3.05, 3.63) is 124 Å². The molecule has 9 nitrogen and oxygen atoms in total. The van der Waals surface area contributed by atoms with Gasteiger partial charge in [0.25, 0.3) is 5.91 Å². The predicted molar refractivity (Wildman–Crippen MR) is 183 cm³/mol. The van der Waals surface area contributed by atoms with Crippen molar-refractivity contribution in [1.29, 1.82) is 0 Å². The molecule has 0 bridgehead atoms. The molecule has 3 N–H and O–H groups in total. The minimum atomic E-state index is -2.61. The molecule has 10 heteroatoms. The van der Waals surface area contributed by atoms with E-state index in [1.54, 1.807) is 84.9 Å². The van der Waals surface area contributed by atoms with Gasteiger partial charge in [-0.15, -0.1) is 0 Å². The number of carbonyl (C=O) groups excluding carboxylic acids is 3. The van der Waals surface area contributed by atoms with E-state index in [-0.39, 0.29) is 23.4 Å². The summed E-state index contributed by atoms with van der Waals surface area (Å²) >= 11 is 6.31. The SMILES string of the molecule is COc1ccc([C@@]2(O)C(=O)N(c3ccccc3)[C@H](C(=O)NC(C)(C)C)[C@@]23C(=O)c2cc(C)ccc2O[C@@H]3NCc2cccc(Cl)c2)cc1. The van der Waals surface area contributed by atoms with Gasteiger partial charge in [-0.05, 0) is 87.4 Å². The lowest BCUT2D eigenvalue weighted by Gasteiger charge is -2.49.